The van der Waals surface area contributed by atoms with Crippen molar-refractivity contribution < 1.29 is 42.5 Å². The minimum atomic E-state index is -0.754. The maximum Gasteiger partial charge on any atom is 0.407 e. The average Bonchev–Trinajstić information content (AvgIpc) is 4.13. The van der Waals surface area contributed by atoms with E-state index in [1.807, 2.05) is 18.2 Å². The number of amides is 4. The SMILES string of the molecule is COC(=O)NC(C(=O)N1CCC[C@H]1c1nc2ccc(C#Cc3ccc(-c4cnc([C@@H]5CCCN5C(=O)[C@@H](NC(=O)OC)C5CCOCC5)[nH]4)c(F)c3)cc2[nH]1)C1CCOCC1. The first-order valence-corrected chi connectivity index (χ1v) is 21.0. The number of rotatable bonds is 9. The second-order valence-electron chi connectivity index (χ2n) is 16.0. The van der Waals surface area contributed by atoms with Crippen molar-refractivity contribution in [1.82, 2.24) is 40.4 Å². The number of carbonyl (C=O) groups excluding carboxylic acids is 4. The molecule has 0 saturated carbocycles. The number of benzene rings is 2. The van der Waals surface area contributed by atoms with Gasteiger partial charge in [0.1, 0.15) is 29.5 Å². The van der Waals surface area contributed by atoms with Crippen LogP contribution >= 0.6 is 0 Å². The first kappa shape index (κ1) is 41.7. The van der Waals surface area contributed by atoms with E-state index < -0.39 is 30.1 Å². The Hall–Kier alpha value is -5.99. The summed E-state index contributed by atoms with van der Waals surface area (Å²) in [5.41, 5.74) is 3.46. The number of fused-ring (bicyclic) bond motifs is 1. The summed E-state index contributed by atoms with van der Waals surface area (Å²) in [4.78, 5) is 72.0. The Morgan fingerprint density at radius 3 is 1.85 bits per heavy atom. The third-order valence-electron chi connectivity index (χ3n) is 12.3. The van der Waals surface area contributed by atoms with Crippen molar-refractivity contribution in [2.45, 2.75) is 75.5 Å². The molecule has 4 amide bonds. The number of ether oxygens (including phenoxy) is 4. The predicted octanol–water partition coefficient (Wildman–Crippen LogP) is 5.12. The summed E-state index contributed by atoms with van der Waals surface area (Å²) < 4.78 is 36.4. The van der Waals surface area contributed by atoms with Crippen LogP contribution in [0.2, 0.25) is 0 Å². The molecule has 0 aliphatic carbocycles. The van der Waals surface area contributed by atoms with Crippen molar-refractivity contribution in [1.29, 1.82) is 0 Å². The van der Waals surface area contributed by atoms with Gasteiger partial charge in [0, 0.05) is 56.2 Å². The van der Waals surface area contributed by atoms with E-state index in [0.29, 0.717) is 106 Å². The molecule has 17 heteroatoms. The van der Waals surface area contributed by atoms with Gasteiger partial charge >= 0.3 is 12.2 Å². The molecular formula is C44H51FN8O8. The highest BCUT2D eigenvalue weighted by molar-refractivity contribution is 5.87. The maximum absolute atomic E-state index is 15.7. The van der Waals surface area contributed by atoms with Crippen LogP contribution in [0, 0.1) is 29.5 Å². The number of imidazole rings is 2. The first-order valence-electron chi connectivity index (χ1n) is 21.0. The van der Waals surface area contributed by atoms with Crippen LogP contribution in [0.5, 0.6) is 0 Å². The van der Waals surface area contributed by atoms with E-state index in [1.54, 1.807) is 28.1 Å². The van der Waals surface area contributed by atoms with E-state index >= 15 is 4.39 Å². The van der Waals surface area contributed by atoms with Crippen LogP contribution in [0.4, 0.5) is 14.0 Å². The van der Waals surface area contributed by atoms with Crippen molar-refractivity contribution in [2.75, 3.05) is 53.7 Å². The minimum absolute atomic E-state index is 0.0612. The second kappa shape index (κ2) is 18.7. The monoisotopic (exact) mass is 838 g/mol. The standard InChI is InChI=1S/C44H51FN8O8/c1-58-43(56)50-37(28-13-19-60-20-14-28)41(54)52-17-3-5-35(52)39-46-25-34(49-39)30-11-9-26(23-31(30)45)7-8-27-10-12-32-33(24-27)48-40(47-32)36-6-4-18-53(36)42(55)38(51-44(57)59-2)29-15-21-61-22-16-29/h9-12,23-25,28-29,35-38H,3-6,13-22H2,1-2H3,(H,46,49)(H,47,48)(H,50,56)(H,51,57)/t35-,36-,37-,38?/m0/s1. The zero-order chi connectivity index (χ0) is 42.5. The van der Waals surface area contributed by atoms with E-state index in [2.05, 4.69) is 37.4 Å². The van der Waals surface area contributed by atoms with Gasteiger partial charge in [-0.3, -0.25) is 9.59 Å². The molecule has 4 saturated heterocycles. The highest BCUT2D eigenvalue weighted by atomic mass is 19.1. The molecule has 0 bridgehead atoms. The van der Waals surface area contributed by atoms with Crippen molar-refractivity contribution in [3.63, 3.8) is 0 Å². The van der Waals surface area contributed by atoms with Crippen LogP contribution in [0.3, 0.4) is 0 Å². The van der Waals surface area contributed by atoms with Crippen molar-refractivity contribution >= 4 is 35.0 Å². The third-order valence-corrected chi connectivity index (χ3v) is 12.3. The Kier molecular flexibility index (Phi) is 12.8. The van der Waals surface area contributed by atoms with Gasteiger partial charge in [-0.25, -0.2) is 23.9 Å². The molecule has 6 heterocycles. The molecule has 4 aliphatic heterocycles. The van der Waals surface area contributed by atoms with Gasteiger partial charge in [-0.2, -0.15) is 0 Å². The fraction of sp³-hybridized carbons (Fsp3) is 0.500. The maximum atomic E-state index is 15.7. The zero-order valence-corrected chi connectivity index (χ0v) is 34.3. The quantitative estimate of drug-likeness (QED) is 0.165. The molecule has 4 aromatic rings. The normalized spacial score (nSPS) is 20.8. The first-order chi connectivity index (χ1) is 29.7. The number of H-pyrrole nitrogens is 2. The molecule has 4 N–H and O–H groups in total. The number of methoxy groups -OCH3 is 2. The molecule has 322 valence electrons. The summed E-state index contributed by atoms with van der Waals surface area (Å²) in [6.07, 6.45) is 5.85. The van der Waals surface area contributed by atoms with E-state index in [1.165, 1.54) is 20.3 Å². The Bertz CT molecular complexity index is 2310. The number of nitrogens with zero attached hydrogens (tertiary/aromatic N) is 4. The highest BCUT2D eigenvalue weighted by Crippen LogP contribution is 2.36. The van der Waals surface area contributed by atoms with E-state index in [-0.39, 0.29) is 35.7 Å². The van der Waals surface area contributed by atoms with Gasteiger partial charge in [-0.1, -0.05) is 11.8 Å². The van der Waals surface area contributed by atoms with Crippen LogP contribution in [-0.2, 0) is 28.5 Å². The lowest BCUT2D eigenvalue weighted by Gasteiger charge is -2.34. The summed E-state index contributed by atoms with van der Waals surface area (Å²) in [7, 11) is 2.56. The van der Waals surface area contributed by atoms with Crippen LogP contribution in [0.15, 0.2) is 42.6 Å². The molecule has 2 aromatic carbocycles. The summed E-state index contributed by atoms with van der Waals surface area (Å²) >= 11 is 0. The fourth-order valence-electron chi connectivity index (χ4n) is 9.08. The van der Waals surface area contributed by atoms with Crippen LogP contribution < -0.4 is 10.6 Å². The molecule has 4 atom stereocenters. The molecule has 4 fully saturated rings. The van der Waals surface area contributed by atoms with Gasteiger partial charge < -0.3 is 49.3 Å². The van der Waals surface area contributed by atoms with Crippen LogP contribution in [0.1, 0.15) is 86.2 Å². The van der Waals surface area contributed by atoms with E-state index in [0.717, 1.165) is 30.3 Å². The van der Waals surface area contributed by atoms with Gasteiger partial charge in [0.25, 0.3) is 0 Å². The van der Waals surface area contributed by atoms with Crippen molar-refractivity contribution in [3.05, 3.63) is 71.2 Å². The molecule has 16 nitrogen and oxygen atoms in total. The van der Waals surface area contributed by atoms with Crippen LogP contribution in [-0.4, -0.2) is 120 Å². The Balaban J connectivity index is 0.943. The lowest BCUT2D eigenvalue weighted by atomic mass is 9.90. The van der Waals surface area contributed by atoms with Crippen LogP contribution in [0.25, 0.3) is 22.3 Å². The zero-order valence-electron chi connectivity index (χ0n) is 34.3. The number of nitrogens with one attached hydrogen (secondary N) is 4. The lowest BCUT2D eigenvalue weighted by Crippen LogP contribution is -2.53. The smallest absolute Gasteiger partial charge is 0.407 e. The predicted molar refractivity (Wildman–Crippen MR) is 219 cm³/mol. The number of alkyl carbamates (subject to hydrolysis) is 2. The highest BCUT2D eigenvalue weighted by Gasteiger charge is 2.42. The molecule has 0 spiro atoms. The number of hydrogen-bond acceptors (Lipinski definition) is 10. The summed E-state index contributed by atoms with van der Waals surface area (Å²) in [5.74, 6) is 6.44. The van der Waals surface area contributed by atoms with E-state index in [4.69, 9.17) is 23.9 Å². The fourth-order valence-corrected chi connectivity index (χ4v) is 9.08. The summed E-state index contributed by atoms with van der Waals surface area (Å²) in [6, 6.07) is 8.26. The molecule has 1 unspecified atom stereocenters. The Morgan fingerprint density at radius 2 is 1.30 bits per heavy atom. The molecule has 4 aliphatic rings. The van der Waals surface area contributed by atoms with Gasteiger partial charge in [0.15, 0.2) is 0 Å². The summed E-state index contributed by atoms with van der Waals surface area (Å²) in [6.45, 7) is 3.16. The van der Waals surface area contributed by atoms with Crippen molar-refractivity contribution in [2.24, 2.45) is 11.8 Å². The minimum Gasteiger partial charge on any atom is -0.453 e. The topological polar surface area (TPSA) is 193 Å². The second-order valence-corrected chi connectivity index (χ2v) is 16.0. The molecular weight excluding hydrogens is 788 g/mol. The number of likely N-dealkylation sites (tertiary alicyclic amines) is 2. The number of aromatic nitrogens is 4. The van der Waals surface area contributed by atoms with Crippen molar-refractivity contribution in [3.8, 4) is 23.1 Å². The van der Waals surface area contributed by atoms with Gasteiger partial charge in [0.05, 0.1) is 49.2 Å². The summed E-state index contributed by atoms with van der Waals surface area (Å²) in [5, 5.41) is 5.55. The van der Waals surface area contributed by atoms with Gasteiger partial charge in [0.2, 0.25) is 11.8 Å². The van der Waals surface area contributed by atoms with E-state index in [9.17, 15) is 19.2 Å². The number of carbonyl (C=O) groups is 4. The van der Waals surface area contributed by atoms with Gasteiger partial charge in [-0.15, -0.1) is 0 Å². The number of hydrogen-bond donors (Lipinski definition) is 4. The molecule has 2 aromatic heterocycles. The van der Waals surface area contributed by atoms with Gasteiger partial charge in [-0.05, 0) is 99.6 Å². The molecule has 61 heavy (non-hydrogen) atoms. The number of halogens is 1. The Morgan fingerprint density at radius 1 is 0.754 bits per heavy atom. The molecule has 0 radical (unpaired) electrons. The largest absolute Gasteiger partial charge is 0.453 e. The average molecular weight is 839 g/mol. The lowest BCUT2D eigenvalue weighted by molar-refractivity contribution is -0.137. The molecule has 8 rings (SSSR count). The number of aromatic amines is 2. The Labute approximate surface area is 352 Å². The third kappa shape index (κ3) is 9.20.